The number of H-pyrrole nitrogens is 1. The topological polar surface area (TPSA) is 99.3 Å². The third-order valence-electron chi connectivity index (χ3n) is 2.28. The van der Waals surface area contributed by atoms with E-state index in [0.717, 1.165) is 7.05 Å². The van der Waals surface area contributed by atoms with E-state index in [-0.39, 0.29) is 9.90 Å². The van der Waals surface area contributed by atoms with Crippen molar-refractivity contribution >= 4 is 27.3 Å². The van der Waals surface area contributed by atoms with Crippen LogP contribution in [0.25, 0.3) is 0 Å². The quantitative estimate of drug-likeness (QED) is 0.786. The lowest BCUT2D eigenvalue weighted by Gasteiger charge is -2.16. The smallest absolute Gasteiger partial charge is 0.346 e. The number of thiazole rings is 1. The number of carbonyl (C=O) groups excluding carboxylic acids is 1. The monoisotopic (exact) mass is 347 g/mol. The molecule has 1 rings (SSSR count). The minimum absolute atomic E-state index is 0.104. The van der Waals surface area contributed by atoms with Gasteiger partial charge in [0.15, 0.2) is 4.21 Å². The van der Waals surface area contributed by atoms with Crippen LogP contribution in [0.1, 0.15) is 5.69 Å². The number of rotatable bonds is 5. The van der Waals surface area contributed by atoms with Gasteiger partial charge in [0.25, 0.3) is 10.0 Å². The fraction of sp³-hybridized carbons (Fsp3) is 0.556. The second-order valence-corrected chi connectivity index (χ2v) is 7.30. The molecule has 0 spiro atoms. The summed E-state index contributed by atoms with van der Waals surface area (Å²) in [6.45, 7) is -0.970. The predicted octanol–water partition coefficient (Wildman–Crippen LogP) is 0.0438. The van der Waals surface area contributed by atoms with Gasteiger partial charge >= 0.3 is 11.0 Å². The van der Waals surface area contributed by atoms with E-state index >= 15 is 0 Å². The van der Waals surface area contributed by atoms with E-state index in [1.54, 1.807) is 5.32 Å². The molecule has 0 aliphatic carbocycles. The highest BCUT2D eigenvalue weighted by Gasteiger charge is 2.30. The molecule has 0 atom stereocenters. The molecule has 0 saturated carbocycles. The van der Waals surface area contributed by atoms with Crippen LogP contribution in [0.15, 0.2) is 9.00 Å². The first-order valence-electron chi connectivity index (χ1n) is 5.43. The maximum absolute atomic E-state index is 12.1. The number of carbonyl (C=O) groups is 1. The average molecular weight is 347 g/mol. The van der Waals surface area contributed by atoms with Gasteiger partial charge in [-0.25, -0.2) is 8.42 Å². The van der Waals surface area contributed by atoms with Gasteiger partial charge in [-0.15, -0.1) is 0 Å². The number of alkyl halides is 3. The Labute approximate surface area is 121 Å². The summed E-state index contributed by atoms with van der Waals surface area (Å²) in [6.07, 6.45) is -4.58. The molecule has 0 unspecified atom stereocenters. The first-order chi connectivity index (χ1) is 9.43. The van der Waals surface area contributed by atoms with Gasteiger partial charge in [0.05, 0.1) is 6.54 Å². The van der Waals surface area contributed by atoms with E-state index in [1.807, 2.05) is 0 Å². The van der Waals surface area contributed by atoms with Crippen molar-refractivity contribution in [3.05, 3.63) is 15.4 Å². The maximum atomic E-state index is 12.1. The van der Waals surface area contributed by atoms with E-state index in [4.69, 9.17) is 0 Å². The molecule has 1 amide bonds. The number of aromatic nitrogens is 1. The average Bonchev–Trinajstić information content (AvgIpc) is 2.65. The minimum atomic E-state index is -4.58. The van der Waals surface area contributed by atoms with Crippen molar-refractivity contribution in [3.63, 3.8) is 0 Å². The van der Waals surface area contributed by atoms with Crippen molar-refractivity contribution in [3.8, 4) is 0 Å². The van der Waals surface area contributed by atoms with Crippen LogP contribution in [0.3, 0.4) is 0 Å². The highest BCUT2D eigenvalue weighted by Crippen LogP contribution is 2.19. The van der Waals surface area contributed by atoms with Crippen LogP contribution in [0.4, 0.5) is 13.2 Å². The van der Waals surface area contributed by atoms with Crippen molar-refractivity contribution in [2.24, 2.45) is 0 Å². The van der Waals surface area contributed by atoms with E-state index in [2.05, 4.69) is 4.98 Å². The zero-order chi connectivity index (χ0) is 16.4. The Morgan fingerprint density at radius 1 is 1.43 bits per heavy atom. The van der Waals surface area contributed by atoms with Crippen molar-refractivity contribution in [1.29, 1.82) is 0 Å². The van der Waals surface area contributed by atoms with Gasteiger partial charge in [-0.2, -0.15) is 17.5 Å². The lowest BCUT2D eigenvalue weighted by Crippen LogP contribution is -2.41. The first-order valence-corrected chi connectivity index (χ1v) is 7.68. The predicted molar refractivity (Wildman–Crippen MR) is 68.6 cm³/mol. The van der Waals surface area contributed by atoms with Gasteiger partial charge in [0.2, 0.25) is 5.91 Å². The maximum Gasteiger partial charge on any atom is 0.405 e. The zero-order valence-corrected chi connectivity index (χ0v) is 12.6. The Morgan fingerprint density at radius 2 is 2.00 bits per heavy atom. The molecule has 0 bridgehead atoms. The molecule has 2 N–H and O–H groups in total. The van der Waals surface area contributed by atoms with Crippen molar-refractivity contribution in [1.82, 2.24) is 14.6 Å². The number of halogens is 3. The summed E-state index contributed by atoms with van der Waals surface area (Å²) >= 11 is 0.442. The summed E-state index contributed by atoms with van der Waals surface area (Å²) in [4.78, 5) is 24.1. The number of aromatic amines is 1. The number of aryl methyl sites for hydroxylation is 1. The number of nitrogens with zero attached hydrogens (tertiary/aromatic N) is 1. The zero-order valence-electron chi connectivity index (χ0n) is 10.9. The summed E-state index contributed by atoms with van der Waals surface area (Å²) in [5.41, 5.74) is 0.104. The second kappa shape index (κ2) is 6.15. The number of sulfonamides is 1. The molecule has 120 valence electrons. The van der Waals surface area contributed by atoms with Gasteiger partial charge in [-0.1, -0.05) is 11.3 Å². The van der Waals surface area contributed by atoms with E-state index in [9.17, 15) is 31.2 Å². The Kier molecular flexibility index (Phi) is 5.17. The fourth-order valence-electron chi connectivity index (χ4n) is 1.32. The Bertz CT molecular complexity index is 677. The fourth-order valence-corrected chi connectivity index (χ4v) is 3.93. The Morgan fingerprint density at radius 3 is 2.43 bits per heavy atom. The highest BCUT2D eigenvalue weighted by molar-refractivity contribution is 7.91. The van der Waals surface area contributed by atoms with E-state index in [1.165, 1.54) is 6.92 Å². The summed E-state index contributed by atoms with van der Waals surface area (Å²) in [6, 6.07) is 0. The van der Waals surface area contributed by atoms with Crippen LogP contribution in [-0.2, 0) is 14.8 Å². The standard InChI is InChI=1S/C9H12F3N3O4S2/c1-5-7(20-8(17)14-5)21(18,19)15(2)3-6(16)13-4-9(10,11)12/h3-4H2,1-2H3,(H,13,16)(H,14,17). The van der Waals surface area contributed by atoms with Crippen LogP contribution in [-0.4, -0.2) is 49.9 Å². The SMILES string of the molecule is Cc1[nH]c(=O)sc1S(=O)(=O)N(C)CC(=O)NCC(F)(F)F. The summed E-state index contributed by atoms with van der Waals surface area (Å²) in [5, 5.41) is 1.56. The van der Waals surface area contributed by atoms with Gasteiger partial charge in [-0.3, -0.25) is 9.59 Å². The van der Waals surface area contributed by atoms with E-state index < -0.39 is 40.1 Å². The van der Waals surface area contributed by atoms with Gasteiger partial charge < -0.3 is 10.3 Å². The van der Waals surface area contributed by atoms with Crippen molar-refractivity contribution < 1.29 is 26.4 Å². The van der Waals surface area contributed by atoms with Crippen LogP contribution in [0, 0.1) is 6.92 Å². The molecule has 0 aliphatic rings. The normalized spacial score (nSPS) is 12.7. The summed E-state index contributed by atoms with van der Waals surface area (Å²) in [5.74, 6) is -1.10. The third-order valence-corrected chi connectivity index (χ3v) is 5.66. The molecule has 1 aromatic heterocycles. The molecular weight excluding hydrogens is 335 g/mol. The lowest BCUT2D eigenvalue weighted by atomic mass is 10.5. The molecule has 0 saturated heterocycles. The van der Waals surface area contributed by atoms with Gasteiger partial charge in [-0.05, 0) is 6.92 Å². The second-order valence-electron chi connectivity index (χ2n) is 4.08. The van der Waals surface area contributed by atoms with Crippen molar-refractivity contribution in [2.45, 2.75) is 17.3 Å². The molecule has 0 fully saturated rings. The largest absolute Gasteiger partial charge is 0.405 e. The number of hydrogen-bond acceptors (Lipinski definition) is 5. The Balaban J connectivity index is 2.79. The number of amides is 1. The third kappa shape index (κ3) is 4.82. The molecule has 12 heteroatoms. The van der Waals surface area contributed by atoms with Gasteiger partial charge in [0, 0.05) is 12.7 Å². The highest BCUT2D eigenvalue weighted by atomic mass is 32.2. The van der Waals surface area contributed by atoms with Crippen LogP contribution >= 0.6 is 11.3 Å². The molecule has 0 radical (unpaired) electrons. The number of hydrogen-bond donors (Lipinski definition) is 2. The summed E-state index contributed by atoms with van der Waals surface area (Å²) < 4.78 is 60.2. The van der Waals surface area contributed by atoms with Crippen molar-refractivity contribution in [2.75, 3.05) is 20.1 Å². The molecule has 0 aliphatic heterocycles. The Hall–Kier alpha value is -1.40. The lowest BCUT2D eigenvalue weighted by molar-refractivity contribution is -0.138. The number of nitrogens with one attached hydrogen (secondary N) is 2. The molecule has 1 aromatic rings. The molecule has 7 nitrogen and oxygen atoms in total. The van der Waals surface area contributed by atoms with Gasteiger partial charge in [0.1, 0.15) is 6.54 Å². The number of likely N-dealkylation sites (N-methyl/N-ethyl adjacent to an activating group) is 1. The van der Waals surface area contributed by atoms with Crippen LogP contribution < -0.4 is 10.2 Å². The summed E-state index contributed by atoms with van der Waals surface area (Å²) in [7, 11) is -3.09. The molecular formula is C9H12F3N3O4S2. The molecule has 21 heavy (non-hydrogen) atoms. The van der Waals surface area contributed by atoms with E-state index in [0.29, 0.717) is 15.6 Å². The van der Waals surface area contributed by atoms with Crippen LogP contribution in [0.2, 0.25) is 0 Å². The first kappa shape index (κ1) is 17.7. The molecule has 1 heterocycles. The minimum Gasteiger partial charge on any atom is -0.346 e. The van der Waals surface area contributed by atoms with Crippen LogP contribution in [0.5, 0.6) is 0 Å². The molecule has 0 aromatic carbocycles.